The van der Waals surface area contributed by atoms with Gasteiger partial charge in [0.05, 0.1) is 31.2 Å². The van der Waals surface area contributed by atoms with Crippen LogP contribution in [-0.2, 0) is 9.53 Å². The number of rotatable bonds is 5. The van der Waals surface area contributed by atoms with Crippen LogP contribution in [0.15, 0.2) is 30.3 Å². The largest absolute Gasteiger partial charge is 0.373 e. The van der Waals surface area contributed by atoms with Crippen LogP contribution in [0.2, 0.25) is 0 Å². The maximum atomic E-state index is 12.7. The van der Waals surface area contributed by atoms with E-state index in [1.54, 1.807) is 4.90 Å². The van der Waals surface area contributed by atoms with Crippen LogP contribution in [0.4, 0.5) is 5.69 Å². The maximum Gasteiger partial charge on any atom is 0.241 e. The fraction of sp³-hybridized carbons (Fsp3) is 0.529. The second-order valence-electron chi connectivity index (χ2n) is 5.74. The number of para-hydroxylation sites is 1. The van der Waals surface area contributed by atoms with Crippen molar-refractivity contribution in [1.29, 1.82) is 5.26 Å². The van der Waals surface area contributed by atoms with Gasteiger partial charge >= 0.3 is 0 Å². The summed E-state index contributed by atoms with van der Waals surface area (Å²) in [6, 6.07) is 11.6. The molecule has 2 atom stereocenters. The lowest BCUT2D eigenvalue weighted by Gasteiger charge is -2.36. The summed E-state index contributed by atoms with van der Waals surface area (Å²) in [5.41, 5.74) is 0.845. The van der Waals surface area contributed by atoms with Crippen molar-refractivity contribution in [2.24, 2.45) is 0 Å². The number of carbonyl (C=O) groups is 1. The minimum Gasteiger partial charge on any atom is -0.373 e. The number of nitriles is 1. The second-order valence-corrected chi connectivity index (χ2v) is 5.74. The van der Waals surface area contributed by atoms with Crippen molar-refractivity contribution in [1.82, 2.24) is 4.90 Å². The predicted octanol–water partition coefficient (Wildman–Crippen LogP) is 2.04. The number of ether oxygens (including phenoxy) is 1. The Morgan fingerprint density at radius 2 is 1.95 bits per heavy atom. The van der Waals surface area contributed by atoms with Gasteiger partial charge in [-0.2, -0.15) is 5.26 Å². The molecule has 1 saturated heterocycles. The highest BCUT2D eigenvalue weighted by Crippen LogP contribution is 2.16. The van der Waals surface area contributed by atoms with Crippen LogP contribution in [0.1, 0.15) is 20.3 Å². The minimum absolute atomic E-state index is 0.0303. The van der Waals surface area contributed by atoms with E-state index in [0.29, 0.717) is 19.5 Å². The maximum absolute atomic E-state index is 12.7. The van der Waals surface area contributed by atoms with E-state index in [1.807, 2.05) is 44.2 Å². The molecule has 5 heteroatoms. The Kier molecular flexibility index (Phi) is 5.93. The number of benzene rings is 1. The van der Waals surface area contributed by atoms with Gasteiger partial charge in [0.25, 0.3) is 0 Å². The van der Waals surface area contributed by atoms with Gasteiger partial charge in [0.1, 0.15) is 0 Å². The summed E-state index contributed by atoms with van der Waals surface area (Å²) in [5, 5.41) is 8.82. The first-order valence-corrected chi connectivity index (χ1v) is 7.70. The van der Waals surface area contributed by atoms with E-state index in [0.717, 1.165) is 18.8 Å². The smallest absolute Gasteiger partial charge is 0.241 e. The Balaban J connectivity index is 2.04. The Morgan fingerprint density at radius 1 is 1.32 bits per heavy atom. The molecule has 1 aromatic rings. The molecule has 22 heavy (non-hydrogen) atoms. The van der Waals surface area contributed by atoms with Crippen molar-refractivity contribution in [3.63, 3.8) is 0 Å². The zero-order chi connectivity index (χ0) is 15.9. The average Bonchev–Trinajstić information content (AvgIpc) is 2.47. The van der Waals surface area contributed by atoms with E-state index in [9.17, 15) is 4.79 Å². The molecule has 1 heterocycles. The third kappa shape index (κ3) is 4.55. The van der Waals surface area contributed by atoms with Gasteiger partial charge in [0.2, 0.25) is 5.91 Å². The molecule has 1 aliphatic heterocycles. The van der Waals surface area contributed by atoms with Crippen LogP contribution in [-0.4, -0.2) is 49.2 Å². The van der Waals surface area contributed by atoms with E-state index in [2.05, 4.69) is 11.0 Å². The fourth-order valence-corrected chi connectivity index (χ4v) is 2.86. The average molecular weight is 301 g/mol. The molecule has 1 aliphatic rings. The van der Waals surface area contributed by atoms with Crippen LogP contribution in [0.5, 0.6) is 0 Å². The summed E-state index contributed by atoms with van der Waals surface area (Å²) in [6.07, 6.45) is 0.609. The lowest BCUT2D eigenvalue weighted by atomic mass is 10.2. The van der Waals surface area contributed by atoms with E-state index in [4.69, 9.17) is 10.00 Å². The van der Waals surface area contributed by atoms with Crippen LogP contribution in [0.3, 0.4) is 0 Å². The van der Waals surface area contributed by atoms with Crippen molar-refractivity contribution >= 4 is 11.6 Å². The van der Waals surface area contributed by atoms with E-state index in [-0.39, 0.29) is 18.1 Å². The third-order valence-electron chi connectivity index (χ3n) is 3.67. The molecule has 0 spiro atoms. The third-order valence-corrected chi connectivity index (χ3v) is 3.67. The van der Waals surface area contributed by atoms with Crippen molar-refractivity contribution < 1.29 is 9.53 Å². The highest BCUT2D eigenvalue weighted by atomic mass is 16.5. The van der Waals surface area contributed by atoms with E-state index < -0.39 is 0 Å². The molecule has 5 nitrogen and oxygen atoms in total. The molecule has 0 aliphatic carbocycles. The molecule has 0 saturated carbocycles. The van der Waals surface area contributed by atoms with Crippen molar-refractivity contribution in [3.05, 3.63) is 30.3 Å². The molecule has 0 aromatic heterocycles. The summed E-state index contributed by atoms with van der Waals surface area (Å²) in [7, 11) is 0. The van der Waals surface area contributed by atoms with Crippen LogP contribution in [0, 0.1) is 11.3 Å². The second kappa shape index (κ2) is 7.92. The Morgan fingerprint density at radius 3 is 2.55 bits per heavy atom. The standard InChI is InChI=1S/C17H23N3O2/c1-14-11-19(12-15(2)22-14)13-17(21)20(10-6-9-18)16-7-4-3-5-8-16/h3-5,7-8,14-15H,6,10-13H2,1-2H3. The van der Waals surface area contributed by atoms with Gasteiger partial charge in [-0.1, -0.05) is 18.2 Å². The van der Waals surface area contributed by atoms with Gasteiger partial charge in [-0.25, -0.2) is 0 Å². The molecule has 118 valence electrons. The minimum atomic E-state index is 0.0303. The van der Waals surface area contributed by atoms with Crippen LogP contribution >= 0.6 is 0 Å². The molecule has 2 unspecified atom stereocenters. The Bertz CT molecular complexity index is 516. The molecular weight excluding hydrogens is 278 g/mol. The molecular formula is C17H23N3O2. The van der Waals surface area contributed by atoms with E-state index >= 15 is 0 Å². The Labute approximate surface area is 132 Å². The molecule has 1 aromatic carbocycles. The van der Waals surface area contributed by atoms with Gasteiger partial charge in [0, 0.05) is 25.3 Å². The Hall–Kier alpha value is -1.90. The van der Waals surface area contributed by atoms with Crippen LogP contribution < -0.4 is 4.90 Å². The normalized spacial score (nSPS) is 22.0. The summed E-state index contributed by atoms with van der Waals surface area (Å²) in [5.74, 6) is 0.0303. The summed E-state index contributed by atoms with van der Waals surface area (Å²) >= 11 is 0. The first-order valence-electron chi connectivity index (χ1n) is 7.70. The molecule has 1 fully saturated rings. The number of hydrogen-bond acceptors (Lipinski definition) is 4. The number of amides is 1. The first-order chi connectivity index (χ1) is 10.6. The van der Waals surface area contributed by atoms with E-state index in [1.165, 1.54) is 0 Å². The first kappa shape index (κ1) is 16.5. The quantitative estimate of drug-likeness (QED) is 0.835. The SMILES string of the molecule is CC1CN(CC(=O)N(CCC#N)c2ccccc2)CC(C)O1. The van der Waals surface area contributed by atoms with Crippen molar-refractivity contribution in [3.8, 4) is 6.07 Å². The van der Waals surface area contributed by atoms with Crippen LogP contribution in [0.25, 0.3) is 0 Å². The lowest BCUT2D eigenvalue weighted by molar-refractivity contribution is -0.123. The summed E-state index contributed by atoms with van der Waals surface area (Å²) in [6.45, 7) is 6.36. The number of morpholine rings is 1. The topological polar surface area (TPSA) is 56.6 Å². The zero-order valence-corrected chi connectivity index (χ0v) is 13.2. The fourth-order valence-electron chi connectivity index (χ4n) is 2.86. The number of anilines is 1. The highest BCUT2D eigenvalue weighted by Gasteiger charge is 2.25. The lowest BCUT2D eigenvalue weighted by Crippen LogP contribution is -2.50. The summed E-state index contributed by atoms with van der Waals surface area (Å²) in [4.78, 5) is 16.5. The van der Waals surface area contributed by atoms with Gasteiger partial charge in [-0.15, -0.1) is 0 Å². The van der Waals surface area contributed by atoms with Gasteiger partial charge in [-0.05, 0) is 26.0 Å². The summed E-state index contributed by atoms with van der Waals surface area (Å²) < 4.78 is 5.70. The van der Waals surface area contributed by atoms with Gasteiger partial charge < -0.3 is 9.64 Å². The number of hydrogen-bond donors (Lipinski definition) is 0. The number of nitrogens with zero attached hydrogens (tertiary/aromatic N) is 3. The highest BCUT2D eigenvalue weighted by molar-refractivity contribution is 5.94. The molecule has 2 rings (SSSR count). The molecule has 0 N–H and O–H groups in total. The predicted molar refractivity (Wildman–Crippen MR) is 85.5 cm³/mol. The van der Waals surface area contributed by atoms with Gasteiger partial charge in [0.15, 0.2) is 0 Å². The molecule has 1 amide bonds. The van der Waals surface area contributed by atoms with Crippen molar-refractivity contribution in [2.75, 3.05) is 31.1 Å². The number of carbonyl (C=O) groups excluding carboxylic acids is 1. The zero-order valence-electron chi connectivity index (χ0n) is 13.2. The monoisotopic (exact) mass is 301 g/mol. The molecule has 0 radical (unpaired) electrons. The molecule has 0 bridgehead atoms. The van der Waals surface area contributed by atoms with Crippen molar-refractivity contribution in [2.45, 2.75) is 32.5 Å². The van der Waals surface area contributed by atoms with Gasteiger partial charge in [-0.3, -0.25) is 9.69 Å².